The molecule has 0 radical (unpaired) electrons. The topological polar surface area (TPSA) is 50.1 Å². The number of hydrogen-bond donors (Lipinski definition) is 3. The fourth-order valence-corrected chi connectivity index (χ4v) is 1.55. The highest BCUT2D eigenvalue weighted by atomic mass is 15.4. The highest BCUT2D eigenvalue weighted by Crippen LogP contribution is 2.20. The van der Waals surface area contributed by atoms with Gasteiger partial charge in [0, 0.05) is 12.1 Å². The molecule has 4 N–H and O–H groups in total. The minimum atomic E-state index is 0.731. The largest absolute Gasteiger partial charge is 0.384 e. The van der Waals surface area contributed by atoms with Crippen molar-refractivity contribution >= 4 is 5.57 Å². The van der Waals surface area contributed by atoms with Crippen molar-refractivity contribution < 1.29 is 0 Å². The van der Waals surface area contributed by atoms with E-state index >= 15 is 0 Å². The molecule has 3 nitrogen and oxygen atoms in total. The zero-order chi connectivity index (χ0) is 9.26. The summed E-state index contributed by atoms with van der Waals surface area (Å²) in [6.45, 7) is 2.88. The van der Waals surface area contributed by atoms with Crippen molar-refractivity contribution in [3.8, 4) is 0 Å². The van der Waals surface area contributed by atoms with Crippen molar-refractivity contribution in [2.45, 2.75) is 6.92 Å². The molecule has 0 fully saturated rings. The van der Waals surface area contributed by atoms with E-state index in [0.717, 1.165) is 17.9 Å². The summed E-state index contributed by atoms with van der Waals surface area (Å²) in [5, 5.41) is 0. The van der Waals surface area contributed by atoms with Crippen LogP contribution in [0, 0.1) is 6.92 Å². The summed E-state index contributed by atoms with van der Waals surface area (Å²) in [4.78, 5) is 0. The van der Waals surface area contributed by atoms with E-state index in [4.69, 9.17) is 5.73 Å². The summed E-state index contributed by atoms with van der Waals surface area (Å²) >= 11 is 0. The first-order valence-corrected chi connectivity index (χ1v) is 4.32. The zero-order valence-electron chi connectivity index (χ0n) is 7.59. The minimum Gasteiger partial charge on any atom is -0.384 e. The van der Waals surface area contributed by atoms with E-state index in [9.17, 15) is 0 Å². The Hall–Kier alpha value is -1.48. The fourth-order valence-electron chi connectivity index (χ4n) is 1.55. The van der Waals surface area contributed by atoms with Crippen LogP contribution >= 0.6 is 0 Å². The summed E-state index contributed by atoms with van der Waals surface area (Å²) < 4.78 is 0. The lowest BCUT2D eigenvalue weighted by Gasteiger charge is -2.05. The maximum atomic E-state index is 5.79. The van der Waals surface area contributed by atoms with E-state index in [1.807, 2.05) is 12.1 Å². The molecule has 3 heteroatoms. The Kier molecular flexibility index (Phi) is 1.94. The van der Waals surface area contributed by atoms with Crippen LogP contribution in [0.15, 0.2) is 30.1 Å². The lowest BCUT2D eigenvalue weighted by molar-refractivity contribution is 0.695. The number of nitrogens with one attached hydrogen (secondary N) is 2. The van der Waals surface area contributed by atoms with Gasteiger partial charge in [-0.15, -0.1) is 0 Å². The second-order valence-corrected chi connectivity index (χ2v) is 3.19. The van der Waals surface area contributed by atoms with Crippen molar-refractivity contribution in [3.05, 3.63) is 41.2 Å². The van der Waals surface area contributed by atoms with Gasteiger partial charge in [0.2, 0.25) is 0 Å². The van der Waals surface area contributed by atoms with Crippen LogP contribution in [0.25, 0.3) is 5.57 Å². The zero-order valence-corrected chi connectivity index (χ0v) is 7.59. The summed E-state index contributed by atoms with van der Waals surface area (Å²) in [5.74, 6) is 0.731. The smallest absolute Gasteiger partial charge is 0.116 e. The van der Waals surface area contributed by atoms with Crippen LogP contribution in [0.2, 0.25) is 0 Å². The molecule has 0 unspecified atom stereocenters. The van der Waals surface area contributed by atoms with Crippen molar-refractivity contribution in [2.24, 2.45) is 5.73 Å². The van der Waals surface area contributed by atoms with Gasteiger partial charge in [0.05, 0.1) is 0 Å². The van der Waals surface area contributed by atoms with Crippen LogP contribution in [0.4, 0.5) is 0 Å². The third kappa shape index (κ3) is 1.38. The molecule has 0 atom stereocenters. The predicted molar refractivity (Wildman–Crippen MR) is 53.4 cm³/mol. The number of hydrazine groups is 1. The molecule has 0 aromatic heterocycles. The van der Waals surface area contributed by atoms with Gasteiger partial charge in [-0.05, 0) is 18.1 Å². The number of hydrogen-bond acceptors (Lipinski definition) is 3. The Morgan fingerprint density at radius 3 is 2.69 bits per heavy atom. The van der Waals surface area contributed by atoms with E-state index in [2.05, 4.69) is 29.9 Å². The van der Waals surface area contributed by atoms with Crippen LogP contribution in [-0.2, 0) is 0 Å². The Labute approximate surface area is 77.6 Å². The van der Waals surface area contributed by atoms with Gasteiger partial charge in [-0.2, -0.15) is 0 Å². The fraction of sp³-hybridized carbons (Fsp3) is 0.200. The Morgan fingerprint density at radius 2 is 2.08 bits per heavy atom. The van der Waals surface area contributed by atoms with Gasteiger partial charge in [-0.25, -0.2) is 5.43 Å². The molecular weight excluding hydrogens is 162 g/mol. The molecule has 1 heterocycles. The first-order chi connectivity index (χ1) is 6.29. The molecule has 0 saturated heterocycles. The second kappa shape index (κ2) is 3.11. The van der Waals surface area contributed by atoms with E-state index in [1.165, 1.54) is 11.1 Å². The molecule has 1 aromatic rings. The third-order valence-electron chi connectivity index (χ3n) is 2.28. The number of aryl methyl sites for hydroxylation is 1. The van der Waals surface area contributed by atoms with Gasteiger partial charge in [0.15, 0.2) is 0 Å². The van der Waals surface area contributed by atoms with Crippen LogP contribution in [0.3, 0.4) is 0 Å². The third-order valence-corrected chi connectivity index (χ3v) is 2.28. The van der Waals surface area contributed by atoms with Crippen LogP contribution in [0.5, 0.6) is 0 Å². The Morgan fingerprint density at radius 1 is 1.31 bits per heavy atom. The monoisotopic (exact) mass is 175 g/mol. The molecule has 0 amide bonds. The van der Waals surface area contributed by atoms with E-state index in [1.54, 1.807) is 0 Å². The average molecular weight is 175 g/mol. The molecule has 68 valence electrons. The van der Waals surface area contributed by atoms with Crippen LogP contribution in [-0.4, -0.2) is 6.54 Å². The predicted octanol–water partition coefficient (Wildman–Crippen LogP) is 0.730. The van der Waals surface area contributed by atoms with Crippen LogP contribution < -0.4 is 16.6 Å². The quantitative estimate of drug-likeness (QED) is 0.589. The SMILES string of the molecule is Cc1ccccc1C1=C(N)NNC1. The molecule has 0 aliphatic carbocycles. The normalized spacial score (nSPS) is 16.1. The highest BCUT2D eigenvalue weighted by Gasteiger charge is 2.13. The summed E-state index contributed by atoms with van der Waals surface area (Å²) in [5.41, 5.74) is 15.3. The molecule has 2 rings (SSSR count). The Balaban J connectivity index is 2.46. The summed E-state index contributed by atoms with van der Waals surface area (Å²) in [6, 6.07) is 8.24. The summed E-state index contributed by atoms with van der Waals surface area (Å²) in [6.07, 6.45) is 0. The highest BCUT2D eigenvalue weighted by molar-refractivity contribution is 5.72. The van der Waals surface area contributed by atoms with E-state index < -0.39 is 0 Å². The van der Waals surface area contributed by atoms with Gasteiger partial charge in [-0.3, -0.25) is 0 Å². The van der Waals surface area contributed by atoms with Gasteiger partial charge in [-0.1, -0.05) is 24.3 Å². The molecule has 0 bridgehead atoms. The molecule has 0 spiro atoms. The molecule has 13 heavy (non-hydrogen) atoms. The standard InChI is InChI=1S/C10H13N3/c1-7-4-2-3-5-8(7)9-6-12-13-10(9)11/h2-5,12-13H,6,11H2,1H3. The number of rotatable bonds is 1. The van der Waals surface area contributed by atoms with Gasteiger partial charge in [0.25, 0.3) is 0 Å². The molecule has 1 aliphatic rings. The first-order valence-electron chi connectivity index (χ1n) is 4.32. The maximum absolute atomic E-state index is 5.79. The molecule has 1 aromatic carbocycles. The van der Waals surface area contributed by atoms with E-state index in [0.29, 0.717) is 0 Å². The van der Waals surface area contributed by atoms with Crippen molar-refractivity contribution in [2.75, 3.05) is 6.54 Å². The number of nitrogens with two attached hydrogens (primary N) is 1. The Bertz CT molecular complexity index is 355. The van der Waals surface area contributed by atoms with Crippen LogP contribution in [0.1, 0.15) is 11.1 Å². The van der Waals surface area contributed by atoms with Gasteiger partial charge in [0.1, 0.15) is 5.82 Å². The van der Waals surface area contributed by atoms with Crippen molar-refractivity contribution in [3.63, 3.8) is 0 Å². The average Bonchev–Trinajstić information content (AvgIpc) is 2.52. The summed E-state index contributed by atoms with van der Waals surface area (Å²) in [7, 11) is 0. The molecule has 0 saturated carbocycles. The van der Waals surface area contributed by atoms with Gasteiger partial charge < -0.3 is 11.2 Å². The van der Waals surface area contributed by atoms with Crippen molar-refractivity contribution in [1.29, 1.82) is 0 Å². The molecular formula is C10H13N3. The van der Waals surface area contributed by atoms with Crippen molar-refractivity contribution in [1.82, 2.24) is 10.9 Å². The van der Waals surface area contributed by atoms with E-state index in [-0.39, 0.29) is 0 Å². The van der Waals surface area contributed by atoms with Gasteiger partial charge >= 0.3 is 0 Å². The second-order valence-electron chi connectivity index (χ2n) is 3.19. The maximum Gasteiger partial charge on any atom is 0.116 e. The molecule has 1 aliphatic heterocycles. The first kappa shape index (κ1) is 8.13. The lowest BCUT2D eigenvalue weighted by Crippen LogP contribution is -2.26. The number of benzene rings is 1. The lowest BCUT2D eigenvalue weighted by atomic mass is 10.0. The minimum absolute atomic E-state index is 0.731.